The van der Waals surface area contributed by atoms with Gasteiger partial charge in [0.1, 0.15) is 11.6 Å². The summed E-state index contributed by atoms with van der Waals surface area (Å²) in [7, 11) is 0. The van der Waals surface area contributed by atoms with Crippen LogP contribution < -0.4 is 0 Å². The molecule has 0 amide bonds. The van der Waals surface area contributed by atoms with Crippen molar-refractivity contribution in [2.75, 3.05) is 0 Å². The van der Waals surface area contributed by atoms with Crippen molar-refractivity contribution in [2.45, 2.75) is 73.1 Å². The van der Waals surface area contributed by atoms with E-state index in [0.717, 1.165) is 78.0 Å². The third-order valence-corrected chi connectivity index (χ3v) is 10.8. The van der Waals surface area contributed by atoms with Gasteiger partial charge in [-0.15, -0.1) is 29.3 Å². The van der Waals surface area contributed by atoms with E-state index in [4.69, 9.17) is 14.1 Å². The molecule has 2 heterocycles. The molecular weight excluding hydrogens is 890 g/mol. The van der Waals surface area contributed by atoms with Gasteiger partial charge in [0.05, 0.1) is 22.3 Å². The Morgan fingerprint density at radius 3 is 2.03 bits per heavy atom. The number of aryl methyl sites for hydroxylation is 3. The molecule has 2 aromatic heterocycles. The van der Waals surface area contributed by atoms with Gasteiger partial charge in [-0.3, -0.25) is 9.55 Å². The minimum atomic E-state index is -2.31. The maximum absolute atomic E-state index is 12.2. The Hall–Kier alpha value is -5.57. The van der Waals surface area contributed by atoms with E-state index in [1.54, 1.807) is 12.1 Å². The number of hydrogen-bond acceptors (Lipinski definition) is 3. The number of fused-ring (bicyclic) bond motifs is 1. The van der Waals surface area contributed by atoms with Crippen molar-refractivity contribution in [2.24, 2.45) is 0 Å². The number of benzene rings is 6. The summed E-state index contributed by atoms with van der Waals surface area (Å²) in [5, 5.41) is 12.2. The molecular formula is C53H50N3OPt-. The van der Waals surface area contributed by atoms with E-state index in [9.17, 15) is 5.11 Å². The average molecular weight is 943 g/mol. The third kappa shape index (κ3) is 7.83. The molecule has 8 rings (SSSR count). The molecule has 6 aromatic carbocycles. The fourth-order valence-electron chi connectivity index (χ4n) is 7.63. The largest absolute Gasteiger partial charge is 0.507 e. The van der Waals surface area contributed by atoms with Crippen molar-refractivity contribution in [3.8, 4) is 67.5 Å². The number of phenolic OH excluding ortho intramolecular Hbond substituents is 1. The van der Waals surface area contributed by atoms with Crippen molar-refractivity contribution in [3.63, 3.8) is 0 Å². The molecule has 8 aromatic rings. The first-order valence-corrected chi connectivity index (χ1v) is 19.5. The maximum Gasteiger partial charge on any atom is 0.148 e. The van der Waals surface area contributed by atoms with E-state index in [-0.39, 0.29) is 43.2 Å². The molecule has 0 spiro atoms. The number of imidazole rings is 1. The Morgan fingerprint density at radius 1 is 0.621 bits per heavy atom. The fraction of sp³-hybridized carbons (Fsp3) is 0.208. The first kappa shape index (κ1) is 36.7. The summed E-state index contributed by atoms with van der Waals surface area (Å²) in [6, 6.07) is 46.2. The Balaban J connectivity index is 0.00000561. The molecule has 1 N–H and O–H groups in total. The van der Waals surface area contributed by atoms with Crippen molar-refractivity contribution >= 4 is 11.0 Å². The summed E-state index contributed by atoms with van der Waals surface area (Å²) in [6.45, 7) is 14.7. The van der Waals surface area contributed by atoms with E-state index in [2.05, 4.69) is 108 Å². The van der Waals surface area contributed by atoms with Crippen LogP contribution in [0, 0.1) is 26.8 Å². The van der Waals surface area contributed by atoms with Crippen LogP contribution in [0.15, 0.2) is 134 Å². The molecule has 0 saturated carbocycles. The van der Waals surface area contributed by atoms with Crippen LogP contribution in [-0.2, 0) is 31.9 Å². The van der Waals surface area contributed by atoms with Gasteiger partial charge < -0.3 is 5.11 Å². The molecule has 0 saturated heterocycles. The molecule has 0 aliphatic heterocycles. The van der Waals surface area contributed by atoms with Gasteiger partial charge in [-0.25, -0.2) is 4.98 Å². The van der Waals surface area contributed by atoms with Crippen LogP contribution in [0.25, 0.3) is 72.7 Å². The van der Waals surface area contributed by atoms with E-state index in [1.807, 2.05) is 79.9 Å². The standard InChI is InChI=1S/C53H50N3O.Pt/c1-33-18-21-36(22-19-33)38-24-25-54-46(32-38)40-29-39(30-41(31-40)52(4,5)6)42-16-13-17-48-49(42)55-51(44-27-35(3)28-45(50(44)57)53(7,8)9)56(48)47-23-20-34(2)26-43(47)37-14-11-10-12-15-37;/h10-28,30-32,57H,1-9H3;/q-1;/i2D3;. The van der Waals surface area contributed by atoms with Crippen LogP contribution in [-0.4, -0.2) is 19.6 Å². The van der Waals surface area contributed by atoms with Gasteiger partial charge in [0.2, 0.25) is 0 Å². The van der Waals surface area contributed by atoms with Gasteiger partial charge in [-0.2, -0.15) is 0 Å². The van der Waals surface area contributed by atoms with Gasteiger partial charge in [0.25, 0.3) is 0 Å². The number of aromatic nitrogens is 3. The first-order chi connectivity index (χ1) is 28.4. The molecule has 4 nitrogen and oxygen atoms in total. The summed E-state index contributed by atoms with van der Waals surface area (Å²) in [4.78, 5) is 10.3. The molecule has 5 heteroatoms. The summed E-state index contributed by atoms with van der Waals surface area (Å²) in [5.74, 6) is 0.706. The molecule has 58 heavy (non-hydrogen) atoms. The molecule has 0 aliphatic carbocycles. The van der Waals surface area contributed by atoms with E-state index in [1.165, 1.54) is 5.56 Å². The van der Waals surface area contributed by atoms with Crippen LogP contribution in [0.3, 0.4) is 0 Å². The van der Waals surface area contributed by atoms with Crippen LogP contribution in [0.4, 0.5) is 0 Å². The number of aromatic hydroxyl groups is 1. The average Bonchev–Trinajstić information content (AvgIpc) is 3.60. The zero-order valence-corrected chi connectivity index (χ0v) is 36.6. The molecule has 0 atom stereocenters. The zero-order valence-electron chi connectivity index (χ0n) is 37.3. The Labute approximate surface area is 362 Å². The van der Waals surface area contributed by atoms with E-state index in [0.29, 0.717) is 11.4 Å². The summed E-state index contributed by atoms with van der Waals surface area (Å²) < 4.78 is 27.0. The van der Waals surface area contributed by atoms with E-state index < -0.39 is 6.85 Å². The minimum absolute atomic E-state index is 0. The predicted octanol–water partition coefficient (Wildman–Crippen LogP) is 13.8. The van der Waals surface area contributed by atoms with Crippen molar-refractivity contribution in [1.82, 2.24) is 14.5 Å². The zero-order chi connectivity index (χ0) is 42.7. The molecule has 0 radical (unpaired) electrons. The van der Waals surface area contributed by atoms with Gasteiger partial charge in [0, 0.05) is 48.2 Å². The SMILES string of the molecule is [2H]C([2H])([2H])c1ccc(-n2c(-c3cc(C)cc(C(C)(C)C)c3O)nc3c(-c4[c-]c(-c5cc(-c6ccc(C)cc6)ccn5)cc(C(C)(C)C)c4)cccc32)c(-c2ccccc2)c1.[Pt]. The monoisotopic (exact) mass is 942 g/mol. The predicted molar refractivity (Wildman–Crippen MR) is 238 cm³/mol. The third-order valence-electron chi connectivity index (χ3n) is 10.8. The first-order valence-electron chi connectivity index (χ1n) is 21.0. The minimum Gasteiger partial charge on any atom is -0.507 e. The van der Waals surface area contributed by atoms with Crippen LogP contribution in [0.2, 0.25) is 0 Å². The van der Waals surface area contributed by atoms with Crippen molar-refractivity contribution in [3.05, 3.63) is 167 Å². The second kappa shape index (κ2) is 15.6. The number of phenols is 1. The molecule has 0 bridgehead atoms. The molecule has 0 unspecified atom stereocenters. The normalized spacial score (nSPS) is 12.8. The van der Waals surface area contributed by atoms with Gasteiger partial charge in [-0.1, -0.05) is 149 Å². The maximum atomic E-state index is 12.2. The number of rotatable bonds is 6. The van der Waals surface area contributed by atoms with Gasteiger partial charge in [-0.05, 0) is 84.1 Å². The second-order valence-corrected chi connectivity index (χ2v) is 17.2. The Kier molecular flexibility index (Phi) is 9.91. The van der Waals surface area contributed by atoms with Crippen LogP contribution in [0.5, 0.6) is 5.75 Å². The second-order valence-electron chi connectivity index (χ2n) is 17.2. The summed E-state index contributed by atoms with van der Waals surface area (Å²) >= 11 is 0. The van der Waals surface area contributed by atoms with Gasteiger partial charge in [0.15, 0.2) is 0 Å². The number of pyridine rings is 1. The van der Waals surface area contributed by atoms with Crippen molar-refractivity contribution < 1.29 is 30.3 Å². The Bertz CT molecular complexity index is 2900. The topological polar surface area (TPSA) is 50.9 Å². The number of para-hydroxylation sites is 1. The number of hydrogen-bond donors (Lipinski definition) is 1. The van der Waals surface area contributed by atoms with Crippen LogP contribution >= 0.6 is 0 Å². The van der Waals surface area contributed by atoms with Crippen molar-refractivity contribution in [1.29, 1.82) is 0 Å². The molecule has 0 aliphatic rings. The quantitative estimate of drug-likeness (QED) is 0.169. The summed E-state index contributed by atoms with van der Waals surface area (Å²) in [5.41, 5.74) is 13.9. The van der Waals surface area contributed by atoms with E-state index >= 15 is 0 Å². The Morgan fingerprint density at radius 2 is 1.33 bits per heavy atom. The molecule has 0 fully saturated rings. The molecule has 294 valence electrons. The van der Waals surface area contributed by atoms with Gasteiger partial charge >= 0.3 is 0 Å². The smallest absolute Gasteiger partial charge is 0.148 e. The number of nitrogens with zero attached hydrogens (tertiary/aromatic N) is 3. The fourth-order valence-corrected chi connectivity index (χ4v) is 7.63. The summed E-state index contributed by atoms with van der Waals surface area (Å²) in [6.07, 6.45) is 1.86. The van der Waals surface area contributed by atoms with Crippen LogP contribution in [0.1, 0.15) is 73.5 Å².